The van der Waals surface area contributed by atoms with Crippen molar-refractivity contribution < 1.29 is 4.79 Å². The number of rotatable bonds is 4. The van der Waals surface area contributed by atoms with Crippen LogP contribution in [0.25, 0.3) is 0 Å². The van der Waals surface area contributed by atoms with Crippen LogP contribution < -0.4 is 10.6 Å². The molecule has 0 atom stereocenters. The summed E-state index contributed by atoms with van der Waals surface area (Å²) in [6.07, 6.45) is 3.98. The molecule has 0 aliphatic heterocycles. The number of hydrogen-bond donors (Lipinski definition) is 2. The molecular weight excluding hydrogens is 212 g/mol. The van der Waals surface area contributed by atoms with Gasteiger partial charge in [-0.15, -0.1) is 0 Å². The molecule has 2 rings (SSSR count). The third kappa shape index (κ3) is 2.60. The summed E-state index contributed by atoms with van der Waals surface area (Å²) >= 11 is 0. The average Bonchev–Trinajstić information content (AvgIpc) is 2.26. The van der Waals surface area contributed by atoms with Crippen molar-refractivity contribution in [3.05, 3.63) is 29.3 Å². The minimum Gasteiger partial charge on any atom is -0.384 e. The van der Waals surface area contributed by atoms with Crippen LogP contribution in [0.4, 0.5) is 5.69 Å². The van der Waals surface area contributed by atoms with E-state index in [1.165, 1.54) is 19.3 Å². The molecule has 1 fully saturated rings. The maximum absolute atomic E-state index is 11.8. The predicted molar refractivity (Wildman–Crippen MR) is 70.4 cm³/mol. The van der Waals surface area contributed by atoms with Crippen LogP contribution in [0.3, 0.4) is 0 Å². The van der Waals surface area contributed by atoms with Crippen molar-refractivity contribution in [3.63, 3.8) is 0 Å². The zero-order chi connectivity index (χ0) is 12.3. The summed E-state index contributed by atoms with van der Waals surface area (Å²) in [5.74, 6) is 0.771. The first-order valence-electron chi connectivity index (χ1n) is 6.28. The van der Waals surface area contributed by atoms with E-state index in [-0.39, 0.29) is 5.91 Å². The molecule has 1 saturated carbocycles. The lowest BCUT2D eigenvalue weighted by molar-refractivity contribution is 0.0963. The summed E-state index contributed by atoms with van der Waals surface area (Å²) in [6, 6.07) is 5.94. The van der Waals surface area contributed by atoms with Crippen molar-refractivity contribution >= 4 is 11.6 Å². The maximum atomic E-state index is 11.8. The fourth-order valence-electron chi connectivity index (χ4n) is 2.19. The van der Waals surface area contributed by atoms with Crippen LogP contribution >= 0.6 is 0 Å². The van der Waals surface area contributed by atoms with Crippen LogP contribution in [0.2, 0.25) is 0 Å². The largest absolute Gasteiger partial charge is 0.384 e. The quantitative estimate of drug-likeness (QED) is 0.837. The molecule has 3 nitrogen and oxygen atoms in total. The van der Waals surface area contributed by atoms with Gasteiger partial charge in [-0.25, -0.2) is 0 Å². The van der Waals surface area contributed by atoms with Crippen molar-refractivity contribution in [2.45, 2.75) is 26.2 Å². The molecular formula is C14H20N2O. The van der Waals surface area contributed by atoms with Gasteiger partial charge in [0.15, 0.2) is 0 Å². The van der Waals surface area contributed by atoms with Gasteiger partial charge >= 0.3 is 0 Å². The van der Waals surface area contributed by atoms with Gasteiger partial charge in [-0.1, -0.05) is 18.6 Å². The van der Waals surface area contributed by atoms with Crippen molar-refractivity contribution in [1.82, 2.24) is 5.32 Å². The zero-order valence-corrected chi connectivity index (χ0v) is 10.5. The lowest BCUT2D eigenvalue weighted by atomic mass is 9.85. The summed E-state index contributed by atoms with van der Waals surface area (Å²) in [4.78, 5) is 11.8. The number of nitrogens with one attached hydrogen (secondary N) is 2. The SMILES string of the molecule is CNC(=O)c1c(C)cccc1NCC1CCC1. The highest BCUT2D eigenvalue weighted by atomic mass is 16.1. The number of carbonyl (C=O) groups excluding carboxylic acids is 1. The Morgan fingerprint density at radius 1 is 1.41 bits per heavy atom. The summed E-state index contributed by atoms with van der Waals surface area (Å²) in [7, 11) is 1.67. The lowest BCUT2D eigenvalue weighted by Crippen LogP contribution is -2.24. The van der Waals surface area contributed by atoms with Crippen LogP contribution in [0.5, 0.6) is 0 Å². The highest BCUT2D eigenvalue weighted by molar-refractivity contribution is 6.00. The van der Waals surface area contributed by atoms with E-state index in [1.54, 1.807) is 7.05 Å². The molecule has 1 aromatic carbocycles. The van der Waals surface area contributed by atoms with Crippen LogP contribution in [0.15, 0.2) is 18.2 Å². The summed E-state index contributed by atoms with van der Waals surface area (Å²) in [5, 5.41) is 6.11. The second-order valence-corrected chi connectivity index (χ2v) is 4.75. The Kier molecular flexibility index (Phi) is 3.67. The van der Waals surface area contributed by atoms with Gasteiger partial charge in [0.1, 0.15) is 0 Å². The summed E-state index contributed by atoms with van der Waals surface area (Å²) < 4.78 is 0. The fourth-order valence-corrected chi connectivity index (χ4v) is 2.19. The normalized spacial score (nSPS) is 15.2. The highest BCUT2D eigenvalue weighted by Crippen LogP contribution is 2.27. The van der Waals surface area contributed by atoms with Crippen molar-refractivity contribution in [3.8, 4) is 0 Å². The Bertz CT molecular complexity index is 411. The average molecular weight is 232 g/mol. The van der Waals surface area contributed by atoms with Gasteiger partial charge in [-0.3, -0.25) is 4.79 Å². The minimum atomic E-state index is -0.0146. The second kappa shape index (κ2) is 5.21. The smallest absolute Gasteiger partial charge is 0.253 e. The first-order chi connectivity index (χ1) is 8.22. The van der Waals surface area contributed by atoms with E-state index >= 15 is 0 Å². The maximum Gasteiger partial charge on any atom is 0.253 e. The predicted octanol–water partition coefficient (Wildman–Crippen LogP) is 2.57. The van der Waals surface area contributed by atoms with Crippen LogP contribution in [-0.4, -0.2) is 19.5 Å². The van der Waals surface area contributed by atoms with Gasteiger partial charge in [0, 0.05) is 19.3 Å². The van der Waals surface area contributed by atoms with Gasteiger partial charge in [-0.2, -0.15) is 0 Å². The lowest BCUT2D eigenvalue weighted by Gasteiger charge is -2.26. The standard InChI is InChI=1S/C14H20N2O/c1-10-5-3-8-12(13(10)14(17)15-2)16-9-11-6-4-7-11/h3,5,8,11,16H,4,6-7,9H2,1-2H3,(H,15,17). The molecule has 1 aromatic rings. The Morgan fingerprint density at radius 2 is 2.18 bits per heavy atom. The van der Waals surface area contributed by atoms with Crippen LogP contribution in [0.1, 0.15) is 35.2 Å². The number of carbonyl (C=O) groups is 1. The first kappa shape index (κ1) is 12.0. The molecule has 1 aliphatic rings. The molecule has 3 heteroatoms. The molecule has 1 aliphatic carbocycles. The van der Waals surface area contributed by atoms with Gasteiger partial charge in [0.25, 0.3) is 5.91 Å². The topological polar surface area (TPSA) is 41.1 Å². The number of anilines is 1. The number of hydrogen-bond acceptors (Lipinski definition) is 2. The van der Waals surface area contributed by atoms with Gasteiger partial charge in [0.05, 0.1) is 5.56 Å². The number of aryl methyl sites for hydroxylation is 1. The first-order valence-corrected chi connectivity index (χ1v) is 6.28. The van der Waals surface area contributed by atoms with Gasteiger partial charge in [-0.05, 0) is 37.3 Å². The Labute approximate surface area is 103 Å². The highest BCUT2D eigenvalue weighted by Gasteiger charge is 2.18. The van der Waals surface area contributed by atoms with E-state index in [4.69, 9.17) is 0 Å². The zero-order valence-electron chi connectivity index (χ0n) is 10.5. The van der Waals surface area contributed by atoms with E-state index in [0.717, 1.165) is 29.3 Å². The molecule has 17 heavy (non-hydrogen) atoms. The molecule has 0 spiro atoms. The molecule has 2 N–H and O–H groups in total. The van der Waals surface area contributed by atoms with E-state index in [1.807, 2.05) is 25.1 Å². The molecule has 0 heterocycles. The molecule has 1 amide bonds. The van der Waals surface area contributed by atoms with E-state index in [0.29, 0.717) is 0 Å². The fraction of sp³-hybridized carbons (Fsp3) is 0.500. The molecule has 0 saturated heterocycles. The van der Waals surface area contributed by atoms with Gasteiger partial charge in [0.2, 0.25) is 0 Å². The third-order valence-electron chi connectivity index (χ3n) is 3.53. The Morgan fingerprint density at radius 3 is 2.76 bits per heavy atom. The van der Waals surface area contributed by atoms with E-state index < -0.39 is 0 Å². The molecule has 92 valence electrons. The van der Waals surface area contributed by atoms with Crippen molar-refractivity contribution in [1.29, 1.82) is 0 Å². The summed E-state index contributed by atoms with van der Waals surface area (Å²) in [6.45, 7) is 2.95. The second-order valence-electron chi connectivity index (χ2n) is 4.75. The Balaban J connectivity index is 2.13. The van der Waals surface area contributed by atoms with Crippen molar-refractivity contribution in [2.75, 3.05) is 18.9 Å². The molecule has 0 bridgehead atoms. The van der Waals surface area contributed by atoms with Crippen LogP contribution in [-0.2, 0) is 0 Å². The van der Waals surface area contributed by atoms with E-state index in [2.05, 4.69) is 10.6 Å². The molecule has 0 aromatic heterocycles. The minimum absolute atomic E-state index is 0.0146. The van der Waals surface area contributed by atoms with Gasteiger partial charge < -0.3 is 10.6 Å². The Hall–Kier alpha value is -1.51. The third-order valence-corrected chi connectivity index (χ3v) is 3.53. The monoisotopic (exact) mass is 232 g/mol. The number of amides is 1. The van der Waals surface area contributed by atoms with E-state index in [9.17, 15) is 4.79 Å². The van der Waals surface area contributed by atoms with Crippen LogP contribution in [0, 0.1) is 12.8 Å². The van der Waals surface area contributed by atoms with Crippen molar-refractivity contribution in [2.24, 2.45) is 5.92 Å². The molecule has 0 radical (unpaired) electrons. The molecule has 0 unspecified atom stereocenters. The summed E-state index contributed by atoms with van der Waals surface area (Å²) in [5.41, 5.74) is 2.74. The number of benzene rings is 1.